The molecule has 43 heavy (non-hydrogen) atoms. The molecule has 5 heterocycles. The number of alkyl halides is 3. The van der Waals surface area contributed by atoms with Crippen LogP contribution in [0.1, 0.15) is 54.1 Å². The lowest BCUT2D eigenvalue weighted by Crippen LogP contribution is -2.53. The Kier molecular flexibility index (Phi) is 7.13. The van der Waals surface area contributed by atoms with Crippen LogP contribution in [0.5, 0.6) is 5.75 Å². The largest absolute Gasteiger partial charge is 0.493 e. The van der Waals surface area contributed by atoms with Crippen molar-refractivity contribution in [3.63, 3.8) is 0 Å². The molecule has 3 atom stereocenters. The van der Waals surface area contributed by atoms with Gasteiger partial charge in [0.2, 0.25) is 11.6 Å². The first-order valence-electron chi connectivity index (χ1n) is 13.8. The van der Waals surface area contributed by atoms with Crippen LogP contribution in [0.4, 0.5) is 23.4 Å². The molecular weight excluding hydrogens is 570 g/mol. The van der Waals surface area contributed by atoms with Gasteiger partial charge >= 0.3 is 6.18 Å². The standard InChI is InChI=1S/C29H27F4N7O3/c1-2-43-23-13-19(28(42)37-24-11-17(7-8-36-24)29(31,32)33)21(30)12-20(23)27-38-26(22-14-35-9-10-40(22,27)34)16-3-4-18-5-6-25(41)39(18)15-16/h7-14,16,18H,2-6,15,34H2,1H3/p+1/t16-,18+,40?/m1/s1. The number of ether oxygens (including phenoxy) is 1. The maximum atomic E-state index is 15.6. The van der Waals surface area contributed by atoms with E-state index in [4.69, 9.17) is 15.6 Å². The first-order valence-corrected chi connectivity index (χ1v) is 13.8. The van der Waals surface area contributed by atoms with Crippen molar-refractivity contribution in [3.05, 3.63) is 76.8 Å². The van der Waals surface area contributed by atoms with E-state index in [1.54, 1.807) is 19.3 Å². The Morgan fingerprint density at radius 2 is 2.05 bits per heavy atom. The highest BCUT2D eigenvalue weighted by Gasteiger charge is 2.49. The number of amidine groups is 1. The topological polar surface area (TPSA) is 122 Å². The molecule has 2 saturated heterocycles. The minimum atomic E-state index is -4.65. The number of hydrogen-bond donors (Lipinski definition) is 2. The Morgan fingerprint density at radius 1 is 1.23 bits per heavy atom. The molecule has 1 aromatic carbocycles. The Hall–Kier alpha value is -4.43. The van der Waals surface area contributed by atoms with Gasteiger partial charge in [-0.2, -0.15) is 24.0 Å². The van der Waals surface area contributed by atoms with Gasteiger partial charge in [0.05, 0.1) is 30.1 Å². The van der Waals surface area contributed by atoms with Gasteiger partial charge in [0.15, 0.2) is 0 Å². The van der Waals surface area contributed by atoms with Gasteiger partial charge in [-0.1, -0.05) is 0 Å². The molecule has 14 heteroatoms. The van der Waals surface area contributed by atoms with Crippen molar-refractivity contribution < 1.29 is 36.5 Å². The molecule has 2 aromatic rings. The van der Waals surface area contributed by atoms with Crippen molar-refractivity contribution in [2.45, 2.75) is 44.8 Å². The molecule has 6 rings (SSSR count). The second-order valence-corrected chi connectivity index (χ2v) is 10.7. The molecule has 2 amide bonds. The van der Waals surface area contributed by atoms with Crippen LogP contribution in [0.15, 0.2) is 64.2 Å². The average Bonchev–Trinajstić information content (AvgIpc) is 3.50. The van der Waals surface area contributed by atoms with E-state index in [0.717, 1.165) is 37.6 Å². The highest BCUT2D eigenvalue weighted by Crippen LogP contribution is 2.42. The Morgan fingerprint density at radius 3 is 2.81 bits per heavy atom. The number of aromatic nitrogens is 1. The summed E-state index contributed by atoms with van der Waals surface area (Å²) < 4.78 is 60.3. The highest BCUT2D eigenvalue weighted by molar-refractivity contribution is 6.07. The van der Waals surface area contributed by atoms with Crippen LogP contribution in [-0.2, 0) is 11.0 Å². The first-order chi connectivity index (χ1) is 20.5. The van der Waals surface area contributed by atoms with E-state index in [0.29, 0.717) is 30.4 Å². The quantitative estimate of drug-likeness (QED) is 0.288. The van der Waals surface area contributed by atoms with Crippen molar-refractivity contribution >= 4 is 29.7 Å². The number of allylic oxidation sites excluding steroid dienone is 1. The number of aliphatic imine (C=N–C) groups is 2. The number of nitrogens with one attached hydrogen (secondary N) is 1. The van der Waals surface area contributed by atoms with Gasteiger partial charge in [-0.15, -0.1) is 4.59 Å². The predicted octanol–water partition coefficient (Wildman–Crippen LogP) is 4.51. The number of amides is 2. The zero-order valence-electron chi connectivity index (χ0n) is 23.1. The van der Waals surface area contributed by atoms with E-state index in [-0.39, 0.29) is 41.6 Å². The molecule has 10 nitrogen and oxygen atoms in total. The van der Waals surface area contributed by atoms with Crippen LogP contribution >= 0.6 is 0 Å². The average molecular weight is 599 g/mol. The highest BCUT2D eigenvalue weighted by atomic mass is 19.4. The number of carbonyl (C=O) groups excluding carboxylic acids is 2. The number of anilines is 1. The van der Waals surface area contributed by atoms with E-state index in [1.807, 2.05) is 4.90 Å². The summed E-state index contributed by atoms with van der Waals surface area (Å²) in [5, 5.41) is 2.22. The number of carbonyl (C=O) groups is 2. The van der Waals surface area contributed by atoms with Crippen LogP contribution in [0.25, 0.3) is 0 Å². The van der Waals surface area contributed by atoms with Crippen LogP contribution in [0, 0.1) is 11.7 Å². The summed E-state index contributed by atoms with van der Waals surface area (Å²) in [5.41, 5.74) is -0.0748. The fourth-order valence-electron chi connectivity index (χ4n) is 6.01. The first kappa shape index (κ1) is 28.7. The molecule has 0 spiro atoms. The molecule has 0 saturated carbocycles. The summed E-state index contributed by atoms with van der Waals surface area (Å²) >= 11 is 0. The number of halogens is 4. The SMILES string of the molecule is CCOc1cc(C(=O)Nc2cc(C(F)(F)F)ccn2)c(F)cc1C1=NC([C@@H]2CC[C@H]3CCC(=O)N3C2)=C2C=NC=C[N+]12N. The Balaban J connectivity index is 1.35. The number of piperidine rings is 1. The lowest BCUT2D eigenvalue weighted by atomic mass is 9.90. The van der Waals surface area contributed by atoms with Crippen molar-refractivity contribution in [3.8, 4) is 5.75 Å². The summed E-state index contributed by atoms with van der Waals surface area (Å²) in [7, 11) is 0. The number of nitrogens with zero attached hydrogens (tertiary/aromatic N) is 5. The third-order valence-electron chi connectivity index (χ3n) is 8.11. The summed E-state index contributed by atoms with van der Waals surface area (Å²) in [4.78, 5) is 40.3. The van der Waals surface area contributed by atoms with Gasteiger partial charge in [-0.05, 0) is 50.5 Å². The van der Waals surface area contributed by atoms with Gasteiger partial charge < -0.3 is 15.0 Å². The van der Waals surface area contributed by atoms with Gasteiger partial charge in [-0.25, -0.2) is 9.37 Å². The van der Waals surface area contributed by atoms with Crippen molar-refractivity contribution in [1.29, 1.82) is 0 Å². The summed E-state index contributed by atoms with van der Waals surface area (Å²) in [6.45, 7) is 2.35. The third-order valence-corrected chi connectivity index (χ3v) is 8.11. The molecule has 1 unspecified atom stereocenters. The molecule has 4 aliphatic rings. The van der Waals surface area contributed by atoms with Gasteiger partial charge in [0, 0.05) is 31.1 Å². The fraction of sp³-hybridized carbons (Fsp3) is 0.345. The fourth-order valence-corrected chi connectivity index (χ4v) is 6.01. The van der Waals surface area contributed by atoms with E-state index < -0.39 is 39.4 Å². The summed E-state index contributed by atoms with van der Waals surface area (Å²) in [5.74, 6) is 4.82. The molecule has 0 bridgehead atoms. The van der Waals surface area contributed by atoms with Crippen molar-refractivity contribution in [2.75, 3.05) is 18.5 Å². The molecule has 3 N–H and O–H groups in total. The minimum absolute atomic E-state index is 0.0997. The molecule has 224 valence electrons. The lowest BCUT2D eigenvalue weighted by molar-refractivity contribution is -0.750. The number of nitrogens with two attached hydrogens (primary N) is 1. The number of hydrogen-bond acceptors (Lipinski definition) is 7. The number of pyridine rings is 1. The number of fused-ring (bicyclic) bond motifs is 2. The molecule has 4 aliphatic heterocycles. The van der Waals surface area contributed by atoms with Crippen LogP contribution in [0.2, 0.25) is 0 Å². The van der Waals surface area contributed by atoms with Gasteiger partial charge in [0.1, 0.15) is 34.8 Å². The number of rotatable bonds is 6. The van der Waals surface area contributed by atoms with E-state index in [9.17, 15) is 22.8 Å². The van der Waals surface area contributed by atoms with E-state index in [2.05, 4.69) is 15.3 Å². The van der Waals surface area contributed by atoms with Gasteiger partial charge in [0.25, 0.3) is 11.7 Å². The van der Waals surface area contributed by atoms with Crippen LogP contribution in [-0.4, -0.2) is 57.5 Å². The van der Waals surface area contributed by atoms with E-state index in [1.165, 1.54) is 12.3 Å². The summed E-state index contributed by atoms with van der Waals surface area (Å²) in [6.07, 6.45) is 3.94. The number of benzene rings is 1. The molecule has 0 radical (unpaired) electrons. The third kappa shape index (κ3) is 5.10. The zero-order chi connectivity index (χ0) is 30.5. The second kappa shape index (κ2) is 10.7. The predicted molar refractivity (Wildman–Crippen MR) is 148 cm³/mol. The maximum Gasteiger partial charge on any atom is 0.416 e. The van der Waals surface area contributed by atoms with E-state index >= 15 is 4.39 Å². The van der Waals surface area contributed by atoms with Gasteiger partial charge in [-0.3, -0.25) is 14.6 Å². The van der Waals surface area contributed by atoms with Crippen LogP contribution in [0.3, 0.4) is 0 Å². The number of quaternary nitrogens is 1. The minimum Gasteiger partial charge on any atom is -0.493 e. The van der Waals surface area contributed by atoms with Crippen molar-refractivity contribution in [1.82, 2.24) is 9.88 Å². The molecule has 0 aliphatic carbocycles. The second-order valence-electron chi connectivity index (χ2n) is 10.7. The molecule has 1 aromatic heterocycles. The Bertz CT molecular complexity index is 1630. The molecule has 2 fully saturated rings. The maximum absolute atomic E-state index is 15.6. The summed E-state index contributed by atoms with van der Waals surface area (Å²) in [6, 6.07) is 3.88. The zero-order valence-corrected chi connectivity index (χ0v) is 23.1. The van der Waals surface area contributed by atoms with Crippen LogP contribution < -0.4 is 15.9 Å². The smallest absolute Gasteiger partial charge is 0.416 e. The Labute approximate surface area is 243 Å². The van der Waals surface area contributed by atoms with Crippen molar-refractivity contribution in [2.24, 2.45) is 21.7 Å². The lowest BCUT2D eigenvalue weighted by Gasteiger charge is -2.35. The normalized spacial score (nSPS) is 24.7. The molecular formula is C29H28F4N7O3+. The monoisotopic (exact) mass is 598 g/mol.